The van der Waals surface area contributed by atoms with E-state index in [9.17, 15) is 14.9 Å². The van der Waals surface area contributed by atoms with Crippen molar-refractivity contribution < 1.29 is 14.3 Å². The quantitative estimate of drug-likeness (QED) is 0.820. The van der Waals surface area contributed by atoms with Crippen molar-refractivity contribution in [3.8, 4) is 6.07 Å². The molecule has 7 nitrogen and oxygen atoms in total. The molecule has 3 heterocycles. The van der Waals surface area contributed by atoms with Crippen LogP contribution in [0, 0.1) is 11.3 Å². The number of thiophene rings is 1. The number of rotatable bonds is 4. The first-order chi connectivity index (χ1) is 13.1. The summed E-state index contributed by atoms with van der Waals surface area (Å²) in [6.45, 7) is 2.96. The number of ether oxygens (including phenoxy) is 1. The van der Waals surface area contributed by atoms with Crippen molar-refractivity contribution in [2.45, 2.75) is 19.9 Å². The zero-order valence-corrected chi connectivity index (χ0v) is 15.6. The molecule has 2 amide bonds. The molecule has 0 bridgehead atoms. The van der Waals surface area contributed by atoms with Gasteiger partial charge in [-0.3, -0.25) is 9.78 Å². The molecule has 0 fully saturated rings. The van der Waals surface area contributed by atoms with Gasteiger partial charge in [-0.1, -0.05) is 6.07 Å². The van der Waals surface area contributed by atoms with Crippen LogP contribution in [0.15, 0.2) is 30.6 Å². The molecule has 0 unspecified atom stereocenters. The van der Waals surface area contributed by atoms with Crippen molar-refractivity contribution in [2.24, 2.45) is 0 Å². The average molecular weight is 382 g/mol. The molecule has 0 radical (unpaired) electrons. The van der Waals surface area contributed by atoms with Crippen LogP contribution in [0.4, 0.5) is 9.80 Å². The van der Waals surface area contributed by atoms with Gasteiger partial charge in [0.1, 0.15) is 11.1 Å². The Morgan fingerprint density at radius 3 is 3.07 bits per heavy atom. The van der Waals surface area contributed by atoms with Gasteiger partial charge in [-0.15, -0.1) is 11.3 Å². The van der Waals surface area contributed by atoms with Crippen LogP contribution < -0.4 is 5.32 Å². The van der Waals surface area contributed by atoms with Crippen molar-refractivity contribution in [1.82, 2.24) is 9.88 Å². The third-order valence-corrected chi connectivity index (χ3v) is 5.18. The van der Waals surface area contributed by atoms with E-state index in [1.807, 2.05) is 6.07 Å². The standard InChI is InChI=1S/C19H18N4O3S/c1-2-26-19(25)23-9-7-14-15(10-20)18(27-16(14)12-23)22-17(24)6-5-13-4-3-8-21-11-13/h3-6,8,11H,2,7,9,12H2,1H3,(H,22,24). The minimum Gasteiger partial charge on any atom is -0.450 e. The molecule has 1 aliphatic rings. The van der Waals surface area contributed by atoms with Crippen molar-refractivity contribution >= 4 is 34.4 Å². The predicted octanol–water partition coefficient (Wildman–Crippen LogP) is 3.18. The Labute approximate surface area is 160 Å². The third kappa shape index (κ3) is 4.33. The van der Waals surface area contributed by atoms with Crippen LogP contribution in [0.5, 0.6) is 0 Å². The first-order valence-corrected chi connectivity index (χ1v) is 9.29. The summed E-state index contributed by atoms with van der Waals surface area (Å²) < 4.78 is 5.04. The summed E-state index contributed by atoms with van der Waals surface area (Å²) in [4.78, 5) is 30.6. The molecule has 3 rings (SSSR count). The topological polar surface area (TPSA) is 95.3 Å². The maximum atomic E-state index is 12.2. The molecule has 0 aliphatic carbocycles. The second-order valence-corrected chi connectivity index (χ2v) is 6.90. The first-order valence-electron chi connectivity index (χ1n) is 8.47. The molecule has 2 aromatic heterocycles. The molecule has 1 aliphatic heterocycles. The van der Waals surface area contributed by atoms with E-state index in [1.54, 1.807) is 36.4 Å². The lowest BCUT2D eigenvalue weighted by atomic mass is 10.0. The van der Waals surface area contributed by atoms with Gasteiger partial charge in [0, 0.05) is 29.9 Å². The number of nitrogens with zero attached hydrogens (tertiary/aromatic N) is 3. The number of hydrogen-bond acceptors (Lipinski definition) is 6. The highest BCUT2D eigenvalue weighted by molar-refractivity contribution is 7.16. The Balaban J connectivity index is 1.74. The lowest BCUT2D eigenvalue weighted by Gasteiger charge is -2.25. The van der Waals surface area contributed by atoms with Crippen LogP contribution in [0.3, 0.4) is 0 Å². The Bertz CT molecular complexity index is 915. The highest BCUT2D eigenvalue weighted by Crippen LogP contribution is 2.36. The predicted molar refractivity (Wildman–Crippen MR) is 102 cm³/mol. The van der Waals surface area contributed by atoms with Crippen LogP contribution in [0.25, 0.3) is 6.08 Å². The van der Waals surface area contributed by atoms with Gasteiger partial charge in [0.2, 0.25) is 5.91 Å². The van der Waals surface area contributed by atoms with Crippen molar-refractivity contribution in [3.63, 3.8) is 0 Å². The number of nitriles is 1. The molecule has 0 spiro atoms. The summed E-state index contributed by atoms with van der Waals surface area (Å²) in [5, 5.41) is 12.8. The second kappa shape index (κ2) is 8.47. The van der Waals surface area contributed by atoms with Crippen molar-refractivity contribution in [3.05, 3.63) is 52.2 Å². The fraction of sp³-hybridized carbons (Fsp3) is 0.263. The van der Waals surface area contributed by atoms with Gasteiger partial charge in [-0.05, 0) is 36.6 Å². The lowest BCUT2D eigenvalue weighted by Crippen LogP contribution is -2.35. The average Bonchev–Trinajstić information content (AvgIpc) is 3.03. The Morgan fingerprint density at radius 1 is 1.52 bits per heavy atom. The number of pyridine rings is 1. The minimum atomic E-state index is -0.361. The molecule has 138 valence electrons. The van der Waals surface area contributed by atoms with E-state index in [0.717, 1.165) is 16.0 Å². The summed E-state index contributed by atoms with van der Waals surface area (Å²) in [6, 6.07) is 5.80. The lowest BCUT2D eigenvalue weighted by molar-refractivity contribution is -0.111. The van der Waals surface area contributed by atoms with Crippen molar-refractivity contribution in [1.29, 1.82) is 5.26 Å². The minimum absolute atomic E-state index is 0.320. The number of anilines is 1. The maximum Gasteiger partial charge on any atom is 0.410 e. The van der Waals surface area contributed by atoms with Gasteiger partial charge in [-0.2, -0.15) is 5.26 Å². The van der Waals surface area contributed by atoms with Gasteiger partial charge in [-0.25, -0.2) is 4.79 Å². The molecule has 2 aromatic rings. The molecular weight excluding hydrogens is 364 g/mol. The number of carbonyl (C=O) groups excluding carboxylic acids is 2. The maximum absolute atomic E-state index is 12.2. The van der Waals surface area contributed by atoms with Crippen LogP contribution >= 0.6 is 11.3 Å². The van der Waals surface area contributed by atoms with Gasteiger partial charge in [0.15, 0.2) is 0 Å². The Kier molecular flexibility index (Phi) is 5.84. The zero-order valence-electron chi connectivity index (χ0n) is 14.8. The van der Waals surface area contributed by atoms with Crippen LogP contribution in [-0.2, 0) is 22.5 Å². The van der Waals surface area contributed by atoms with Crippen LogP contribution in [-0.4, -0.2) is 35.0 Å². The smallest absolute Gasteiger partial charge is 0.410 e. The molecule has 0 saturated carbocycles. The SMILES string of the molecule is CCOC(=O)N1CCc2c(sc(NC(=O)C=Cc3cccnc3)c2C#N)C1. The fourth-order valence-electron chi connectivity index (χ4n) is 2.78. The number of carbonyl (C=O) groups is 2. The summed E-state index contributed by atoms with van der Waals surface area (Å²) >= 11 is 1.33. The molecular formula is C19H18N4O3S. The largest absolute Gasteiger partial charge is 0.450 e. The van der Waals surface area contributed by atoms with Crippen LogP contribution in [0.1, 0.15) is 28.5 Å². The molecule has 8 heteroatoms. The van der Waals surface area contributed by atoms with Crippen LogP contribution in [0.2, 0.25) is 0 Å². The van der Waals surface area contributed by atoms with E-state index in [0.29, 0.717) is 36.7 Å². The van der Waals surface area contributed by atoms with E-state index < -0.39 is 0 Å². The first kappa shape index (κ1) is 18.6. The normalized spacial score (nSPS) is 13.1. The van der Waals surface area contributed by atoms with E-state index in [1.165, 1.54) is 17.4 Å². The van der Waals surface area contributed by atoms with E-state index >= 15 is 0 Å². The highest BCUT2D eigenvalue weighted by Gasteiger charge is 2.27. The fourth-order valence-corrected chi connectivity index (χ4v) is 4.00. The molecule has 0 aromatic carbocycles. The Hall–Kier alpha value is -3.18. The van der Waals surface area contributed by atoms with Crippen molar-refractivity contribution in [2.75, 3.05) is 18.5 Å². The second-order valence-electron chi connectivity index (χ2n) is 5.80. The van der Waals surface area contributed by atoms with Gasteiger partial charge >= 0.3 is 6.09 Å². The monoisotopic (exact) mass is 382 g/mol. The van der Waals surface area contributed by atoms with E-state index in [4.69, 9.17) is 4.74 Å². The highest BCUT2D eigenvalue weighted by atomic mass is 32.1. The number of aromatic nitrogens is 1. The Morgan fingerprint density at radius 2 is 2.37 bits per heavy atom. The molecule has 1 N–H and O–H groups in total. The van der Waals surface area contributed by atoms with Gasteiger partial charge in [0.05, 0.1) is 18.7 Å². The van der Waals surface area contributed by atoms with E-state index in [-0.39, 0.29) is 12.0 Å². The van der Waals surface area contributed by atoms with Gasteiger partial charge in [0.25, 0.3) is 0 Å². The summed E-state index contributed by atoms with van der Waals surface area (Å²) in [7, 11) is 0. The summed E-state index contributed by atoms with van der Waals surface area (Å²) in [5.74, 6) is -0.323. The zero-order chi connectivity index (χ0) is 19.2. The number of nitrogens with one attached hydrogen (secondary N) is 1. The summed E-state index contributed by atoms with van der Waals surface area (Å²) in [6.07, 6.45) is 6.58. The number of hydrogen-bond donors (Lipinski definition) is 1. The number of fused-ring (bicyclic) bond motifs is 1. The third-order valence-electron chi connectivity index (χ3n) is 4.04. The molecule has 0 saturated heterocycles. The summed E-state index contributed by atoms with van der Waals surface area (Å²) in [5.41, 5.74) is 2.18. The number of amides is 2. The molecule has 27 heavy (non-hydrogen) atoms. The molecule has 0 atom stereocenters. The van der Waals surface area contributed by atoms with Gasteiger partial charge < -0.3 is 15.0 Å². The van der Waals surface area contributed by atoms with E-state index in [2.05, 4.69) is 16.4 Å².